The molecule has 0 aliphatic heterocycles. The van der Waals surface area contributed by atoms with E-state index in [1.54, 1.807) is 24.5 Å². The molecule has 0 aliphatic carbocycles. The molecule has 1 aromatic heterocycles. The number of fused-ring (bicyclic) bond motifs is 1. The van der Waals surface area contributed by atoms with Crippen molar-refractivity contribution in [2.24, 2.45) is 0 Å². The van der Waals surface area contributed by atoms with Crippen molar-refractivity contribution in [3.63, 3.8) is 0 Å². The van der Waals surface area contributed by atoms with Gasteiger partial charge in [-0.3, -0.25) is 0 Å². The quantitative estimate of drug-likeness (QED) is 0.726. The number of methoxy groups -OCH3 is 1. The summed E-state index contributed by atoms with van der Waals surface area (Å²) in [7, 11) is 1.62. The zero-order chi connectivity index (χ0) is 9.42. The van der Waals surface area contributed by atoms with Crippen molar-refractivity contribution in [1.82, 2.24) is 4.98 Å². The molecule has 2 rings (SSSR count). The van der Waals surface area contributed by atoms with Gasteiger partial charge in [-0.1, -0.05) is 11.6 Å². The van der Waals surface area contributed by atoms with E-state index < -0.39 is 0 Å². The summed E-state index contributed by atoms with van der Waals surface area (Å²) in [5.74, 6) is 0.742. The average Bonchev–Trinajstić information content (AvgIpc) is 2.43. The molecule has 0 unspecified atom stereocenters. The van der Waals surface area contributed by atoms with Crippen LogP contribution in [0.3, 0.4) is 0 Å². The van der Waals surface area contributed by atoms with Gasteiger partial charge in [-0.2, -0.15) is 0 Å². The zero-order valence-corrected chi connectivity index (χ0v) is 8.87. The van der Waals surface area contributed by atoms with E-state index in [0.717, 1.165) is 21.0 Å². The van der Waals surface area contributed by atoms with Crippen LogP contribution in [0.1, 0.15) is 5.01 Å². The normalized spacial score (nSPS) is 10.7. The van der Waals surface area contributed by atoms with E-state index in [0.29, 0.717) is 5.02 Å². The minimum Gasteiger partial charge on any atom is -0.494 e. The van der Waals surface area contributed by atoms with E-state index in [1.807, 2.05) is 13.0 Å². The van der Waals surface area contributed by atoms with E-state index in [2.05, 4.69) is 4.98 Å². The van der Waals surface area contributed by atoms with Gasteiger partial charge in [0, 0.05) is 11.1 Å². The minimum atomic E-state index is 0.688. The highest BCUT2D eigenvalue weighted by molar-refractivity contribution is 7.18. The molecule has 1 heterocycles. The molecule has 0 radical (unpaired) electrons. The smallest absolute Gasteiger partial charge is 0.147 e. The van der Waals surface area contributed by atoms with Crippen molar-refractivity contribution in [1.29, 1.82) is 0 Å². The fraction of sp³-hybridized carbons (Fsp3) is 0.222. The van der Waals surface area contributed by atoms with Crippen LogP contribution in [-0.2, 0) is 0 Å². The van der Waals surface area contributed by atoms with Crippen molar-refractivity contribution in [2.45, 2.75) is 6.92 Å². The number of nitrogens with zero attached hydrogens (tertiary/aromatic N) is 1. The number of thiazole rings is 1. The second kappa shape index (κ2) is 3.16. The van der Waals surface area contributed by atoms with Crippen LogP contribution in [0.5, 0.6) is 5.75 Å². The predicted molar refractivity (Wildman–Crippen MR) is 55.9 cm³/mol. The van der Waals surface area contributed by atoms with Gasteiger partial charge < -0.3 is 4.74 Å². The Morgan fingerprint density at radius 1 is 1.46 bits per heavy atom. The van der Waals surface area contributed by atoms with Crippen LogP contribution >= 0.6 is 22.9 Å². The standard InChI is InChI=1S/C9H8ClNOS/c1-5-11-9-7(12-2)3-6(10)4-8(9)13-5/h3-4H,1-2H3. The summed E-state index contributed by atoms with van der Waals surface area (Å²) in [6.07, 6.45) is 0. The van der Waals surface area contributed by atoms with Crippen molar-refractivity contribution in [3.8, 4) is 5.75 Å². The lowest BCUT2D eigenvalue weighted by molar-refractivity contribution is 0.419. The predicted octanol–water partition coefficient (Wildman–Crippen LogP) is 3.27. The molecule has 0 fully saturated rings. The van der Waals surface area contributed by atoms with Crippen molar-refractivity contribution < 1.29 is 4.74 Å². The Morgan fingerprint density at radius 2 is 2.23 bits per heavy atom. The highest BCUT2D eigenvalue weighted by Gasteiger charge is 2.07. The fourth-order valence-corrected chi connectivity index (χ4v) is 2.39. The van der Waals surface area contributed by atoms with Gasteiger partial charge >= 0.3 is 0 Å². The summed E-state index contributed by atoms with van der Waals surface area (Å²) in [5.41, 5.74) is 0.898. The van der Waals surface area contributed by atoms with Crippen LogP contribution in [0, 0.1) is 6.92 Å². The molecule has 4 heteroatoms. The van der Waals surface area contributed by atoms with Crippen LogP contribution < -0.4 is 4.74 Å². The van der Waals surface area contributed by atoms with Gasteiger partial charge in [-0.25, -0.2) is 4.98 Å². The van der Waals surface area contributed by atoms with Crippen LogP contribution in [0.15, 0.2) is 12.1 Å². The van der Waals surface area contributed by atoms with E-state index in [9.17, 15) is 0 Å². The fourth-order valence-electron chi connectivity index (χ4n) is 1.23. The number of aryl methyl sites for hydroxylation is 1. The maximum absolute atomic E-state index is 5.91. The first kappa shape index (κ1) is 8.78. The van der Waals surface area contributed by atoms with Gasteiger partial charge in [0.05, 0.1) is 16.8 Å². The van der Waals surface area contributed by atoms with Crippen molar-refractivity contribution >= 4 is 33.2 Å². The third kappa shape index (κ3) is 1.49. The van der Waals surface area contributed by atoms with E-state index in [-0.39, 0.29) is 0 Å². The highest BCUT2D eigenvalue weighted by Crippen LogP contribution is 2.32. The number of hydrogen-bond acceptors (Lipinski definition) is 3. The van der Waals surface area contributed by atoms with E-state index >= 15 is 0 Å². The molecule has 2 aromatic rings. The Hall–Kier alpha value is -0.800. The first-order chi connectivity index (χ1) is 6.20. The Kier molecular flexibility index (Phi) is 2.14. The summed E-state index contributed by atoms with van der Waals surface area (Å²) in [4.78, 5) is 4.36. The second-order valence-electron chi connectivity index (χ2n) is 2.69. The molecule has 1 aromatic carbocycles. The average molecular weight is 214 g/mol. The molecular formula is C9H8ClNOS. The summed E-state index contributed by atoms with van der Waals surface area (Å²) < 4.78 is 6.25. The zero-order valence-electron chi connectivity index (χ0n) is 7.30. The number of aromatic nitrogens is 1. The molecule has 13 heavy (non-hydrogen) atoms. The molecule has 0 aliphatic rings. The van der Waals surface area contributed by atoms with Crippen molar-refractivity contribution in [3.05, 3.63) is 22.2 Å². The monoisotopic (exact) mass is 213 g/mol. The third-order valence-corrected chi connectivity index (χ3v) is 2.89. The number of benzene rings is 1. The molecule has 0 saturated heterocycles. The number of halogens is 1. The number of rotatable bonds is 1. The summed E-state index contributed by atoms with van der Waals surface area (Å²) in [5, 5.41) is 1.71. The van der Waals surface area contributed by atoms with Gasteiger partial charge in [0.25, 0.3) is 0 Å². The van der Waals surface area contributed by atoms with E-state index in [1.165, 1.54) is 0 Å². The number of ether oxygens (including phenoxy) is 1. The SMILES string of the molecule is COc1cc(Cl)cc2sc(C)nc12. The highest BCUT2D eigenvalue weighted by atomic mass is 35.5. The maximum Gasteiger partial charge on any atom is 0.147 e. The summed E-state index contributed by atoms with van der Waals surface area (Å²) in [6.45, 7) is 1.97. The third-order valence-electron chi connectivity index (χ3n) is 1.75. The summed E-state index contributed by atoms with van der Waals surface area (Å²) in [6, 6.07) is 3.69. The van der Waals surface area contributed by atoms with Crippen LogP contribution in [0.2, 0.25) is 5.02 Å². The molecule has 0 bridgehead atoms. The first-order valence-electron chi connectivity index (χ1n) is 3.81. The lowest BCUT2D eigenvalue weighted by atomic mass is 10.3. The molecule has 0 amide bonds. The van der Waals surface area contributed by atoms with Gasteiger partial charge in [0.1, 0.15) is 11.3 Å². The number of hydrogen-bond donors (Lipinski definition) is 0. The molecule has 0 N–H and O–H groups in total. The largest absolute Gasteiger partial charge is 0.494 e. The summed E-state index contributed by atoms with van der Waals surface area (Å²) >= 11 is 7.53. The minimum absolute atomic E-state index is 0.688. The Bertz CT molecular complexity index is 452. The second-order valence-corrected chi connectivity index (χ2v) is 4.36. The van der Waals surface area contributed by atoms with Crippen LogP contribution in [0.25, 0.3) is 10.2 Å². The topological polar surface area (TPSA) is 22.1 Å². The lowest BCUT2D eigenvalue weighted by Crippen LogP contribution is -1.84. The Balaban J connectivity index is 2.80. The van der Waals surface area contributed by atoms with Crippen LogP contribution in [-0.4, -0.2) is 12.1 Å². The molecule has 2 nitrogen and oxygen atoms in total. The van der Waals surface area contributed by atoms with E-state index in [4.69, 9.17) is 16.3 Å². The van der Waals surface area contributed by atoms with Crippen LogP contribution in [0.4, 0.5) is 0 Å². The molecular weight excluding hydrogens is 206 g/mol. The van der Waals surface area contributed by atoms with Gasteiger partial charge in [0.2, 0.25) is 0 Å². The Labute approximate surface area is 85.1 Å². The molecule has 0 saturated carbocycles. The molecule has 0 spiro atoms. The lowest BCUT2D eigenvalue weighted by Gasteiger charge is -2.00. The molecule has 68 valence electrons. The van der Waals surface area contributed by atoms with Gasteiger partial charge in [-0.05, 0) is 13.0 Å². The van der Waals surface area contributed by atoms with Gasteiger partial charge in [-0.15, -0.1) is 11.3 Å². The Morgan fingerprint density at radius 3 is 2.92 bits per heavy atom. The molecule has 0 atom stereocenters. The van der Waals surface area contributed by atoms with Gasteiger partial charge in [0.15, 0.2) is 0 Å². The van der Waals surface area contributed by atoms with Crippen molar-refractivity contribution in [2.75, 3.05) is 7.11 Å². The first-order valence-corrected chi connectivity index (χ1v) is 5.01. The maximum atomic E-state index is 5.91.